The van der Waals surface area contributed by atoms with Gasteiger partial charge in [0, 0.05) is 0 Å². The summed E-state index contributed by atoms with van der Waals surface area (Å²) in [5.41, 5.74) is 2.48. The Morgan fingerprint density at radius 3 is 2.62 bits per heavy atom. The van der Waals surface area contributed by atoms with E-state index in [1.54, 1.807) is 16.2 Å². The van der Waals surface area contributed by atoms with Crippen molar-refractivity contribution in [3.8, 4) is 5.75 Å². The first-order chi connectivity index (χ1) is 12.8. The zero-order valence-corrected chi connectivity index (χ0v) is 16.6. The van der Waals surface area contributed by atoms with Crippen LogP contribution in [0.2, 0.25) is 0 Å². The van der Waals surface area contributed by atoms with E-state index in [-0.39, 0.29) is 0 Å². The van der Waals surface area contributed by atoms with E-state index in [4.69, 9.17) is 17.0 Å². The summed E-state index contributed by atoms with van der Waals surface area (Å²) in [5, 5.41) is 0. The lowest BCUT2D eigenvalue weighted by molar-refractivity contribution is -0.923. The number of nitrogens with zero attached hydrogens (tertiary/aromatic N) is 2. The SMILES string of the molecule is CCOc1ccccc1N1CC[NH+](Cn2c(=S)sc3ccccc32)CC1. The van der Waals surface area contributed by atoms with E-state index < -0.39 is 0 Å². The quantitative estimate of drug-likeness (QED) is 0.681. The van der Waals surface area contributed by atoms with Crippen molar-refractivity contribution in [2.75, 3.05) is 37.7 Å². The van der Waals surface area contributed by atoms with Crippen LogP contribution in [0.4, 0.5) is 5.69 Å². The Labute approximate surface area is 163 Å². The van der Waals surface area contributed by atoms with Gasteiger partial charge in [0.15, 0.2) is 10.6 Å². The maximum absolute atomic E-state index is 5.80. The highest BCUT2D eigenvalue weighted by Gasteiger charge is 2.23. The third kappa shape index (κ3) is 3.49. The number of benzene rings is 2. The third-order valence-electron chi connectivity index (χ3n) is 4.93. The molecule has 1 fully saturated rings. The predicted molar refractivity (Wildman–Crippen MR) is 111 cm³/mol. The van der Waals surface area contributed by atoms with Gasteiger partial charge in [-0.05, 0) is 43.4 Å². The van der Waals surface area contributed by atoms with Gasteiger partial charge in [0.25, 0.3) is 0 Å². The molecular formula is C20H24N3OS2+. The van der Waals surface area contributed by atoms with Crippen LogP contribution in [0.3, 0.4) is 0 Å². The van der Waals surface area contributed by atoms with Crippen molar-refractivity contribution in [1.29, 1.82) is 0 Å². The standard InChI is InChI=1S/C20H23N3OS2/c1-2-24-18-9-5-3-7-16(18)22-13-11-21(12-14-22)15-23-17-8-4-6-10-19(17)26-20(23)25/h3-10H,2,11-15H2,1H3/p+1. The molecule has 1 aliphatic heterocycles. The molecule has 136 valence electrons. The van der Waals surface area contributed by atoms with Crippen LogP contribution in [0.15, 0.2) is 48.5 Å². The normalized spacial score (nSPS) is 15.5. The highest BCUT2D eigenvalue weighted by Crippen LogP contribution is 2.28. The molecular weight excluding hydrogens is 362 g/mol. The average Bonchev–Trinajstić information content (AvgIpc) is 2.99. The fourth-order valence-electron chi connectivity index (χ4n) is 3.61. The summed E-state index contributed by atoms with van der Waals surface area (Å²) >= 11 is 7.32. The van der Waals surface area contributed by atoms with E-state index in [1.807, 2.05) is 13.0 Å². The topological polar surface area (TPSA) is 21.8 Å². The molecule has 0 radical (unpaired) electrons. The zero-order valence-electron chi connectivity index (χ0n) is 15.0. The number of anilines is 1. The highest BCUT2D eigenvalue weighted by atomic mass is 32.1. The maximum atomic E-state index is 5.80. The van der Waals surface area contributed by atoms with Crippen LogP contribution < -0.4 is 14.5 Å². The largest absolute Gasteiger partial charge is 0.492 e. The van der Waals surface area contributed by atoms with Gasteiger partial charge in [-0.15, -0.1) is 11.3 Å². The fraction of sp³-hybridized carbons (Fsp3) is 0.350. The molecule has 0 saturated carbocycles. The smallest absolute Gasteiger partial charge is 0.166 e. The van der Waals surface area contributed by atoms with Gasteiger partial charge in [-0.25, -0.2) is 0 Å². The number of aromatic nitrogens is 1. The molecule has 4 rings (SSSR count). The number of hydrogen-bond donors (Lipinski definition) is 1. The molecule has 0 aliphatic carbocycles. The summed E-state index contributed by atoms with van der Waals surface area (Å²) in [6.45, 7) is 7.96. The Hall–Kier alpha value is -1.89. The molecule has 6 heteroatoms. The first kappa shape index (κ1) is 17.5. The number of quaternary nitrogens is 1. The molecule has 1 saturated heterocycles. The van der Waals surface area contributed by atoms with Crippen LogP contribution in [0.25, 0.3) is 10.2 Å². The Balaban J connectivity index is 1.46. The van der Waals surface area contributed by atoms with Gasteiger partial charge in [0.2, 0.25) is 0 Å². The Morgan fingerprint density at radius 1 is 1.08 bits per heavy atom. The van der Waals surface area contributed by atoms with E-state index in [2.05, 4.69) is 51.9 Å². The number of nitrogens with one attached hydrogen (secondary N) is 1. The first-order valence-electron chi connectivity index (χ1n) is 9.15. The first-order valence-corrected chi connectivity index (χ1v) is 10.4. The molecule has 0 bridgehead atoms. The third-order valence-corrected chi connectivity index (χ3v) is 6.36. The zero-order chi connectivity index (χ0) is 17.9. The fourth-order valence-corrected chi connectivity index (χ4v) is 4.93. The summed E-state index contributed by atoms with van der Waals surface area (Å²) in [5.74, 6) is 0.990. The van der Waals surface area contributed by atoms with E-state index in [1.165, 1.54) is 15.9 Å². The van der Waals surface area contributed by atoms with Crippen LogP contribution in [0.5, 0.6) is 5.75 Å². The number of hydrogen-bond acceptors (Lipinski definition) is 4. The van der Waals surface area contributed by atoms with E-state index in [0.29, 0.717) is 6.61 Å². The number of para-hydroxylation sites is 3. The van der Waals surface area contributed by atoms with Crippen LogP contribution in [0.1, 0.15) is 6.92 Å². The maximum Gasteiger partial charge on any atom is 0.166 e. The van der Waals surface area contributed by atoms with Gasteiger partial charge >= 0.3 is 0 Å². The minimum Gasteiger partial charge on any atom is -0.492 e. The van der Waals surface area contributed by atoms with Crippen molar-refractivity contribution in [3.63, 3.8) is 0 Å². The lowest BCUT2D eigenvalue weighted by Crippen LogP contribution is -3.14. The van der Waals surface area contributed by atoms with Gasteiger partial charge in [0.05, 0.1) is 48.7 Å². The lowest BCUT2D eigenvalue weighted by Gasteiger charge is -2.34. The second kappa shape index (κ2) is 7.78. The number of piperazine rings is 1. The summed E-state index contributed by atoms with van der Waals surface area (Å²) in [6, 6.07) is 16.9. The van der Waals surface area contributed by atoms with Crippen LogP contribution in [-0.4, -0.2) is 37.4 Å². The number of ether oxygens (including phenoxy) is 1. The predicted octanol–water partition coefficient (Wildman–Crippen LogP) is 3.19. The molecule has 1 aromatic heterocycles. The summed E-state index contributed by atoms with van der Waals surface area (Å²) in [6.07, 6.45) is 0. The van der Waals surface area contributed by atoms with Crippen molar-refractivity contribution in [1.82, 2.24) is 4.57 Å². The average molecular weight is 387 g/mol. The molecule has 26 heavy (non-hydrogen) atoms. The molecule has 2 heterocycles. The van der Waals surface area contributed by atoms with Crippen molar-refractivity contribution in [2.24, 2.45) is 0 Å². The monoisotopic (exact) mass is 386 g/mol. The summed E-state index contributed by atoms with van der Waals surface area (Å²) < 4.78 is 10.4. The van der Waals surface area contributed by atoms with Crippen molar-refractivity contribution < 1.29 is 9.64 Å². The minimum absolute atomic E-state index is 0.700. The molecule has 0 amide bonds. The van der Waals surface area contributed by atoms with Crippen LogP contribution in [-0.2, 0) is 6.67 Å². The summed E-state index contributed by atoms with van der Waals surface area (Å²) in [4.78, 5) is 4.02. The molecule has 0 spiro atoms. The number of fused-ring (bicyclic) bond motifs is 1. The van der Waals surface area contributed by atoms with Crippen LogP contribution >= 0.6 is 23.6 Å². The molecule has 0 atom stereocenters. The van der Waals surface area contributed by atoms with E-state index >= 15 is 0 Å². The van der Waals surface area contributed by atoms with Crippen LogP contribution in [0, 0.1) is 3.95 Å². The second-order valence-electron chi connectivity index (χ2n) is 6.56. The van der Waals surface area contributed by atoms with E-state index in [9.17, 15) is 0 Å². The van der Waals surface area contributed by atoms with Gasteiger partial charge in [-0.2, -0.15) is 0 Å². The molecule has 3 aromatic rings. The van der Waals surface area contributed by atoms with Gasteiger partial charge < -0.3 is 14.5 Å². The molecule has 4 nitrogen and oxygen atoms in total. The Morgan fingerprint density at radius 2 is 1.81 bits per heavy atom. The van der Waals surface area contributed by atoms with Crippen molar-refractivity contribution in [3.05, 3.63) is 52.5 Å². The Kier molecular flexibility index (Phi) is 5.24. The number of rotatable bonds is 5. The van der Waals surface area contributed by atoms with Gasteiger partial charge in [-0.1, -0.05) is 24.3 Å². The van der Waals surface area contributed by atoms with Crippen molar-refractivity contribution in [2.45, 2.75) is 13.6 Å². The highest BCUT2D eigenvalue weighted by molar-refractivity contribution is 7.73. The van der Waals surface area contributed by atoms with Gasteiger partial charge in [0.1, 0.15) is 5.75 Å². The van der Waals surface area contributed by atoms with E-state index in [0.717, 1.165) is 42.6 Å². The molecule has 2 aromatic carbocycles. The molecule has 1 N–H and O–H groups in total. The van der Waals surface area contributed by atoms with Gasteiger partial charge in [-0.3, -0.25) is 4.57 Å². The molecule has 0 unspecified atom stereocenters. The Bertz CT molecular complexity index is 941. The summed E-state index contributed by atoms with van der Waals surface area (Å²) in [7, 11) is 0. The minimum atomic E-state index is 0.700. The lowest BCUT2D eigenvalue weighted by atomic mass is 10.2. The van der Waals surface area contributed by atoms with Crippen molar-refractivity contribution >= 4 is 39.5 Å². The number of thiazole rings is 1. The molecule has 1 aliphatic rings. The second-order valence-corrected chi connectivity index (χ2v) is 8.24.